The zero-order valence-corrected chi connectivity index (χ0v) is 25.5. The zero-order valence-electron chi connectivity index (χ0n) is 24.7. The normalized spacial score (nSPS) is 11.6. The van der Waals surface area contributed by atoms with Gasteiger partial charge in [0.2, 0.25) is 16.9 Å². The van der Waals surface area contributed by atoms with Crippen LogP contribution in [0.2, 0.25) is 0 Å². The molecule has 1 unspecified atom stereocenters. The summed E-state index contributed by atoms with van der Waals surface area (Å²) < 4.78 is 0. The fourth-order valence-electron chi connectivity index (χ4n) is 4.68. The Balaban J connectivity index is 0.993. The molecule has 10 nitrogen and oxygen atoms in total. The molecule has 0 saturated heterocycles. The average molecular weight is 622 g/mol. The number of amides is 2. The van der Waals surface area contributed by atoms with Crippen LogP contribution in [0.4, 0.5) is 10.9 Å². The van der Waals surface area contributed by atoms with E-state index in [1.54, 1.807) is 6.07 Å². The maximum absolute atomic E-state index is 12.7. The monoisotopic (exact) mass is 621 g/mol. The zero-order chi connectivity index (χ0) is 31.3. The van der Waals surface area contributed by atoms with Gasteiger partial charge >= 0.3 is 0 Å². The van der Waals surface area contributed by atoms with Gasteiger partial charge in [0.05, 0.1) is 18.5 Å². The van der Waals surface area contributed by atoms with E-state index in [1.807, 2.05) is 91.0 Å². The van der Waals surface area contributed by atoms with Crippen LogP contribution >= 0.6 is 11.3 Å². The summed E-state index contributed by atoms with van der Waals surface area (Å²) in [4.78, 5) is 24.9. The third-order valence-corrected chi connectivity index (χ3v) is 7.85. The lowest BCUT2D eigenvalue weighted by Crippen LogP contribution is -2.20. The maximum Gasteiger partial charge on any atom is 0.230 e. The molecular weight excluding hydrogens is 586 g/mol. The number of carbonyl (C=O) groups is 2. The minimum absolute atomic E-state index is 0.130. The van der Waals surface area contributed by atoms with Gasteiger partial charge in [-0.15, -0.1) is 15.3 Å². The smallest absolute Gasteiger partial charge is 0.230 e. The van der Waals surface area contributed by atoms with Crippen molar-refractivity contribution in [2.75, 3.05) is 10.6 Å². The van der Waals surface area contributed by atoms with Gasteiger partial charge in [0.1, 0.15) is 11.2 Å². The summed E-state index contributed by atoms with van der Waals surface area (Å²) in [6.07, 6.45) is 3.01. The first-order chi connectivity index (χ1) is 22.0. The Bertz CT molecular complexity index is 1660. The molecular formula is C34H35N7O3S. The van der Waals surface area contributed by atoms with Crippen LogP contribution in [0.15, 0.2) is 97.1 Å². The second kappa shape index (κ2) is 16.3. The molecule has 0 aliphatic carbocycles. The van der Waals surface area contributed by atoms with Crippen molar-refractivity contribution >= 4 is 34.1 Å². The molecule has 0 aliphatic heterocycles. The topological polar surface area (TPSA) is 142 Å². The number of nitrogens with one attached hydrogen (secondary N) is 3. The van der Waals surface area contributed by atoms with Crippen molar-refractivity contribution in [1.29, 1.82) is 0 Å². The Morgan fingerprint density at radius 2 is 1.38 bits per heavy atom. The molecule has 0 saturated carbocycles. The lowest BCUT2D eigenvalue weighted by molar-refractivity contribution is -0.116. The third-order valence-electron chi connectivity index (χ3n) is 6.95. The molecule has 230 valence electrons. The lowest BCUT2D eigenvalue weighted by atomic mass is 10.1. The van der Waals surface area contributed by atoms with Gasteiger partial charge in [-0.25, -0.2) is 0 Å². The van der Waals surface area contributed by atoms with E-state index in [1.165, 1.54) is 11.3 Å². The molecule has 11 heteroatoms. The number of aliphatic hydroxyl groups is 1. The fourth-order valence-corrected chi connectivity index (χ4v) is 5.48. The number of unbranched alkanes of at least 4 members (excludes halogenated alkanes) is 1. The molecule has 45 heavy (non-hydrogen) atoms. The van der Waals surface area contributed by atoms with E-state index in [2.05, 4.69) is 36.3 Å². The Morgan fingerprint density at radius 1 is 0.689 bits per heavy atom. The first-order valence-electron chi connectivity index (χ1n) is 14.8. The molecule has 2 heterocycles. The molecule has 0 bridgehead atoms. The van der Waals surface area contributed by atoms with Crippen LogP contribution in [0.1, 0.15) is 52.0 Å². The van der Waals surface area contributed by atoms with Crippen LogP contribution in [0, 0.1) is 0 Å². The molecule has 0 radical (unpaired) electrons. The Kier molecular flexibility index (Phi) is 11.4. The number of anilines is 2. The number of aryl methyl sites for hydroxylation is 2. The number of nitrogens with zero attached hydrogens (tertiary/aromatic N) is 4. The number of aliphatic hydroxyl groups excluding tert-OH is 1. The number of aromatic nitrogens is 4. The highest BCUT2D eigenvalue weighted by Gasteiger charge is 2.11. The second-order valence-electron chi connectivity index (χ2n) is 10.6. The van der Waals surface area contributed by atoms with Crippen molar-refractivity contribution in [2.24, 2.45) is 0 Å². The summed E-state index contributed by atoms with van der Waals surface area (Å²) >= 11 is 1.38. The Hall–Kier alpha value is -4.84. The number of rotatable bonds is 15. The van der Waals surface area contributed by atoms with Crippen molar-refractivity contribution < 1.29 is 14.7 Å². The molecule has 2 amide bonds. The summed E-state index contributed by atoms with van der Waals surface area (Å²) in [6, 6.07) is 30.3. The van der Waals surface area contributed by atoms with Crippen molar-refractivity contribution in [3.05, 3.63) is 130 Å². The van der Waals surface area contributed by atoms with Gasteiger partial charge in [-0.2, -0.15) is 5.10 Å². The summed E-state index contributed by atoms with van der Waals surface area (Å²) in [6.45, 7) is 0.469. The first kappa shape index (κ1) is 31.6. The van der Waals surface area contributed by atoms with E-state index in [0.29, 0.717) is 17.5 Å². The molecule has 2 aromatic heterocycles. The predicted octanol–water partition coefficient (Wildman–Crippen LogP) is 5.04. The lowest BCUT2D eigenvalue weighted by Gasteiger charge is -2.13. The Labute approximate surface area is 266 Å². The number of hydrogen-bond donors (Lipinski definition) is 4. The van der Waals surface area contributed by atoms with Crippen molar-refractivity contribution in [2.45, 2.75) is 51.3 Å². The standard InChI is InChI=1S/C34H35N7O3S/c42-30(21-24-10-3-1-4-11-24)36-29-19-18-28(38-39-29)16-7-8-17-32-40-41-34(45-32)37-31(43)22-25-12-9-13-26(20-25)23-35-33(44)27-14-5-2-6-15-27/h1-6,9-15,18-20,33,35,44H,7-8,16-17,21-23H2,(H,36,39,42)(H,37,41,43). The molecule has 0 spiro atoms. The van der Waals surface area contributed by atoms with Gasteiger partial charge in [0, 0.05) is 13.0 Å². The minimum Gasteiger partial charge on any atom is -0.374 e. The minimum atomic E-state index is -0.767. The van der Waals surface area contributed by atoms with Gasteiger partial charge in [0.25, 0.3) is 0 Å². The maximum atomic E-state index is 12.7. The number of carbonyl (C=O) groups excluding carboxylic acids is 2. The summed E-state index contributed by atoms with van der Waals surface area (Å²) in [7, 11) is 0. The van der Waals surface area contributed by atoms with Gasteiger partial charge in [-0.3, -0.25) is 14.9 Å². The summed E-state index contributed by atoms with van der Waals surface area (Å²) in [5.41, 5.74) is 4.44. The van der Waals surface area contributed by atoms with E-state index in [9.17, 15) is 14.7 Å². The molecule has 5 rings (SSSR count). The molecule has 5 aromatic rings. The van der Waals surface area contributed by atoms with Crippen LogP contribution in [0.5, 0.6) is 0 Å². The predicted molar refractivity (Wildman–Crippen MR) is 174 cm³/mol. The van der Waals surface area contributed by atoms with Gasteiger partial charge in [-0.05, 0) is 53.6 Å². The SMILES string of the molecule is O=C(Cc1ccccc1)Nc1ccc(CCCCc2nnc(NC(=O)Cc3cccc(CNC(O)c4ccccc4)c3)s2)nn1. The summed E-state index contributed by atoms with van der Waals surface area (Å²) in [5.74, 6) is 0.145. The van der Waals surface area contributed by atoms with Gasteiger partial charge in [-0.1, -0.05) is 96.3 Å². The van der Waals surface area contributed by atoms with Crippen LogP contribution in [0.3, 0.4) is 0 Å². The largest absolute Gasteiger partial charge is 0.374 e. The molecule has 3 aromatic carbocycles. The van der Waals surface area contributed by atoms with E-state index in [-0.39, 0.29) is 24.7 Å². The van der Waals surface area contributed by atoms with E-state index in [0.717, 1.165) is 58.6 Å². The summed E-state index contributed by atoms with van der Waals surface area (Å²) in [5, 5.41) is 37.2. The van der Waals surface area contributed by atoms with Gasteiger partial charge in [0.15, 0.2) is 5.82 Å². The third kappa shape index (κ3) is 10.4. The first-order valence-corrected chi connectivity index (χ1v) is 15.6. The average Bonchev–Trinajstić information content (AvgIpc) is 3.50. The molecule has 0 fully saturated rings. The molecule has 1 atom stereocenters. The van der Waals surface area contributed by atoms with Crippen molar-refractivity contribution in [3.63, 3.8) is 0 Å². The van der Waals surface area contributed by atoms with E-state index < -0.39 is 6.23 Å². The highest BCUT2D eigenvalue weighted by atomic mass is 32.1. The molecule has 0 aliphatic rings. The van der Waals surface area contributed by atoms with E-state index in [4.69, 9.17) is 0 Å². The fraction of sp³-hybridized carbons (Fsp3) is 0.235. The van der Waals surface area contributed by atoms with Crippen LogP contribution in [-0.2, 0) is 41.8 Å². The number of hydrogen-bond acceptors (Lipinski definition) is 9. The van der Waals surface area contributed by atoms with Gasteiger partial charge < -0.3 is 15.7 Å². The highest BCUT2D eigenvalue weighted by molar-refractivity contribution is 7.15. The Morgan fingerprint density at radius 3 is 2.16 bits per heavy atom. The number of benzene rings is 3. The highest BCUT2D eigenvalue weighted by Crippen LogP contribution is 2.19. The quantitative estimate of drug-likeness (QED) is 0.0942. The van der Waals surface area contributed by atoms with Crippen molar-refractivity contribution in [1.82, 2.24) is 25.7 Å². The molecule has 4 N–H and O–H groups in total. The van der Waals surface area contributed by atoms with E-state index >= 15 is 0 Å². The van der Waals surface area contributed by atoms with Crippen LogP contribution < -0.4 is 16.0 Å². The van der Waals surface area contributed by atoms with Crippen LogP contribution in [-0.4, -0.2) is 37.3 Å². The van der Waals surface area contributed by atoms with Crippen LogP contribution in [0.25, 0.3) is 0 Å². The second-order valence-corrected chi connectivity index (χ2v) is 11.6. The van der Waals surface area contributed by atoms with Crippen molar-refractivity contribution in [3.8, 4) is 0 Å².